The number of rotatable bonds is 6. The SMILES string of the molecule is CCN(CCCn1nc(C)cc1C)[C@H]1CS(=O)(=O)C[C@@H]1O. The molecule has 120 valence electrons. The third kappa shape index (κ3) is 4.05. The zero-order valence-electron chi connectivity index (χ0n) is 13.0. The van der Waals surface area contributed by atoms with Gasteiger partial charge in [-0.3, -0.25) is 9.58 Å². The number of hydrogen-bond donors (Lipinski definition) is 1. The summed E-state index contributed by atoms with van der Waals surface area (Å²) in [5, 5.41) is 14.4. The quantitative estimate of drug-likeness (QED) is 0.821. The van der Waals surface area contributed by atoms with Crippen molar-refractivity contribution in [1.29, 1.82) is 0 Å². The maximum atomic E-state index is 11.6. The fraction of sp³-hybridized carbons (Fsp3) is 0.786. The van der Waals surface area contributed by atoms with Crippen LogP contribution in [-0.2, 0) is 16.4 Å². The van der Waals surface area contributed by atoms with Gasteiger partial charge in [0.15, 0.2) is 9.84 Å². The molecule has 0 unspecified atom stereocenters. The van der Waals surface area contributed by atoms with E-state index in [0.29, 0.717) is 0 Å². The maximum absolute atomic E-state index is 11.6. The van der Waals surface area contributed by atoms with E-state index in [1.54, 1.807) is 0 Å². The van der Waals surface area contributed by atoms with E-state index in [0.717, 1.165) is 37.4 Å². The van der Waals surface area contributed by atoms with Gasteiger partial charge >= 0.3 is 0 Å². The van der Waals surface area contributed by atoms with Crippen LogP contribution in [0.5, 0.6) is 0 Å². The number of sulfone groups is 1. The highest BCUT2D eigenvalue weighted by Gasteiger charge is 2.39. The first-order chi connectivity index (χ1) is 9.82. The Bertz CT molecular complexity index is 582. The number of likely N-dealkylation sites (N-methyl/N-ethyl adjacent to an activating group) is 1. The van der Waals surface area contributed by atoms with Gasteiger partial charge in [-0.25, -0.2) is 8.42 Å². The number of aromatic nitrogens is 2. The lowest BCUT2D eigenvalue weighted by Crippen LogP contribution is -2.43. The molecule has 2 heterocycles. The summed E-state index contributed by atoms with van der Waals surface area (Å²) in [6.45, 7) is 8.33. The molecule has 7 heteroatoms. The van der Waals surface area contributed by atoms with Crippen LogP contribution in [0.4, 0.5) is 0 Å². The van der Waals surface area contributed by atoms with E-state index in [1.807, 2.05) is 31.5 Å². The van der Waals surface area contributed by atoms with Gasteiger partial charge in [-0.15, -0.1) is 0 Å². The van der Waals surface area contributed by atoms with Crippen LogP contribution in [-0.4, -0.2) is 64.9 Å². The van der Waals surface area contributed by atoms with Crippen molar-refractivity contribution in [1.82, 2.24) is 14.7 Å². The number of hydrogen-bond acceptors (Lipinski definition) is 5. The summed E-state index contributed by atoms with van der Waals surface area (Å²) in [5.74, 6) is -0.0342. The fourth-order valence-electron chi connectivity index (χ4n) is 3.04. The minimum absolute atomic E-state index is 0.0713. The van der Waals surface area contributed by atoms with E-state index in [2.05, 4.69) is 10.00 Å². The molecule has 1 aliphatic heterocycles. The third-order valence-electron chi connectivity index (χ3n) is 4.09. The van der Waals surface area contributed by atoms with Crippen molar-refractivity contribution >= 4 is 9.84 Å². The van der Waals surface area contributed by atoms with Crippen LogP contribution in [0.3, 0.4) is 0 Å². The summed E-state index contributed by atoms with van der Waals surface area (Å²) in [6.07, 6.45) is 0.127. The van der Waals surface area contributed by atoms with Crippen LogP contribution in [0.15, 0.2) is 6.07 Å². The van der Waals surface area contributed by atoms with Crippen molar-refractivity contribution in [2.24, 2.45) is 0 Å². The summed E-state index contributed by atoms with van der Waals surface area (Å²) in [7, 11) is -3.09. The summed E-state index contributed by atoms with van der Waals surface area (Å²) in [4.78, 5) is 2.07. The second kappa shape index (κ2) is 6.46. The molecule has 2 rings (SSSR count). The lowest BCUT2D eigenvalue weighted by molar-refractivity contribution is 0.0847. The topological polar surface area (TPSA) is 75.4 Å². The minimum atomic E-state index is -3.09. The lowest BCUT2D eigenvalue weighted by atomic mass is 10.1. The van der Waals surface area contributed by atoms with Crippen LogP contribution < -0.4 is 0 Å². The molecule has 0 spiro atoms. The Morgan fingerprint density at radius 1 is 1.43 bits per heavy atom. The molecule has 0 aliphatic carbocycles. The first-order valence-corrected chi connectivity index (χ1v) is 9.28. The fourth-order valence-corrected chi connectivity index (χ4v) is 4.87. The van der Waals surface area contributed by atoms with Gasteiger partial charge in [-0.05, 0) is 32.9 Å². The Labute approximate surface area is 126 Å². The molecule has 1 aromatic rings. The van der Waals surface area contributed by atoms with Gasteiger partial charge in [0.2, 0.25) is 0 Å². The van der Waals surface area contributed by atoms with Gasteiger partial charge in [0.25, 0.3) is 0 Å². The van der Waals surface area contributed by atoms with Crippen LogP contribution in [0.1, 0.15) is 24.7 Å². The molecule has 1 N–H and O–H groups in total. The molecule has 0 radical (unpaired) electrons. The number of aliphatic hydroxyl groups is 1. The summed E-state index contributed by atoms with van der Waals surface area (Å²) >= 11 is 0. The molecule has 1 aromatic heterocycles. The van der Waals surface area contributed by atoms with E-state index in [-0.39, 0.29) is 17.5 Å². The zero-order valence-corrected chi connectivity index (χ0v) is 13.8. The van der Waals surface area contributed by atoms with E-state index >= 15 is 0 Å². The average molecular weight is 315 g/mol. The molecule has 21 heavy (non-hydrogen) atoms. The van der Waals surface area contributed by atoms with Crippen molar-refractivity contribution in [3.05, 3.63) is 17.5 Å². The molecule has 6 nitrogen and oxygen atoms in total. The van der Waals surface area contributed by atoms with Gasteiger partial charge in [-0.2, -0.15) is 5.10 Å². The normalized spacial score (nSPS) is 24.8. The highest BCUT2D eigenvalue weighted by Crippen LogP contribution is 2.18. The molecular formula is C14H25N3O3S. The summed E-state index contributed by atoms with van der Waals surface area (Å²) in [5.41, 5.74) is 2.15. The van der Waals surface area contributed by atoms with Gasteiger partial charge in [0.05, 0.1) is 29.3 Å². The third-order valence-corrected chi connectivity index (χ3v) is 5.79. The molecule has 0 saturated carbocycles. The predicted octanol–water partition coefficient (Wildman–Crippen LogP) is 0.370. The van der Waals surface area contributed by atoms with Crippen molar-refractivity contribution in [2.75, 3.05) is 24.6 Å². The second-order valence-corrected chi connectivity index (χ2v) is 8.00. The van der Waals surface area contributed by atoms with Crippen molar-refractivity contribution < 1.29 is 13.5 Å². The van der Waals surface area contributed by atoms with Crippen LogP contribution in [0, 0.1) is 13.8 Å². The Hall–Kier alpha value is -0.920. The second-order valence-electron chi connectivity index (χ2n) is 5.84. The average Bonchev–Trinajstić information content (AvgIpc) is 2.84. The van der Waals surface area contributed by atoms with Gasteiger partial charge in [0, 0.05) is 18.8 Å². The smallest absolute Gasteiger partial charge is 0.154 e. The molecular weight excluding hydrogens is 290 g/mol. The van der Waals surface area contributed by atoms with E-state index in [4.69, 9.17) is 0 Å². The molecule has 0 amide bonds. The van der Waals surface area contributed by atoms with E-state index < -0.39 is 15.9 Å². The molecule has 0 aromatic carbocycles. The van der Waals surface area contributed by atoms with Crippen molar-refractivity contribution in [2.45, 2.75) is 45.9 Å². The Morgan fingerprint density at radius 2 is 2.14 bits per heavy atom. The minimum Gasteiger partial charge on any atom is -0.390 e. The monoisotopic (exact) mass is 315 g/mol. The van der Waals surface area contributed by atoms with Gasteiger partial charge < -0.3 is 5.11 Å². The van der Waals surface area contributed by atoms with Gasteiger partial charge in [0.1, 0.15) is 0 Å². The maximum Gasteiger partial charge on any atom is 0.154 e. The first-order valence-electron chi connectivity index (χ1n) is 7.46. The zero-order chi connectivity index (χ0) is 15.6. The van der Waals surface area contributed by atoms with Crippen LogP contribution in [0.2, 0.25) is 0 Å². The Balaban J connectivity index is 1.90. The number of aryl methyl sites for hydroxylation is 3. The highest BCUT2D eigenvalue weighted by molar-refractivity contribution is 7.91. The largest absolute Gasteiger partial charge is 0.390 e. The van der Waals surface area contributed by atoms with Crippen LogP contribution in [0.25, 0.3) is 0 Å². The summed E-state index contributed by atoms with van der Waals surface area (Å²) < 4.78 is 25.2. The van der Waals surface area contributed by atoms with Crippen LogP contribution >= 0.6 is 0 Å². The Kier molecular flexibility index (Phi) is 5.06. The summed E-state index contributed by atoms with van der Waals surface area (Å²) in [6, 6.07) is 1.78. The predicted molar refractivity (Wildman–Crippen MR) is 82.0 cm³/mol. The molecule has 1 aliphatic rings. The Morgan fingerprint density at radius 3 is 2.62 bits per heavy atom. The van der Waals surface area contributed by atoms with E-state index in [1.165, 1.54) is 0 Å². The molecule has 1 saturated heterocycles. The van der Waals surface area contributed by atoms with Crippen molar-refractivity contribution in [3.8, 4) is 0 Å². The van der Waals surface area contributed by atoms with E-state index in [9.17, 15) is 13.5 Å². The molecule has 1 fully saturated rings. The standard InChI is InChI=1S/C14H25N3O3S/c1-4-16(13-9-21(19,20)10-14(13)18)6-5-7-17-12(3)8-11(2)15-17/h8,13-14,18H,4-7,9-10H2,1-3H3/t13-,14-/m0/s1. The first kappa shape index (κ1) is 16.5. The lowest BCUT2D eigenvalue weighted by Gasteiger charge is -2.28. The number of aliphatic hydroxyl groups excluding tert-OH is 1. The van der Waals surface area contributed by atoms with Gasteiger partial charge in [-0.1, -0.05) is 6.92 Å². The van der Waals surface area contributed by atoms with Crippen molar-refractivity contribution in [3.63, 3.8) is 0 Å². The number of nitrogens with zero attached hydrogens (tertiary/aromatic N) is 3. The molecule has 0 bridgehead atoms. The highest BCUT2D eigenvalue weighted by atomic mass is 32.2. The molecule has 2 atom stereocenters.